The number of carbonyl (C=O) groups excluding carboxylic acids is 1. The SMILES string of the molecule is CC(C)(C)C1CC(=O)c2ccccc2S1. The fourth-order valence-corrected chi connectivity index (χ4v) is 3.12. The highest BCUT2D eigenvalue weighted by atomic mass is 32.2. The number of fused-ring (bicyclic) bond motifs is 1. The second-order valence-corrected chi connectivity index (χ2v) is 6.34. The van der Waals surface area contributed by atoms with Crippen LogP contribution in [0.5, 0.6) is 0 Å². The first-order valence-corrected chi connectivity index (χ1v) is 6.15. The van der Waals surface area contributed by atoms with E-state index in [1.165, 1.54) is 0 Å². The summed E-state index contributed by atoms with van der Waals surface area (Å²) in [5.41, 5.74) is 1.09. The van der Waals surface area contributed by atoms with E-state index in [9.17, 15) is 4.79 Å². The minimum Gasteiger partial charge on any atom is -0.294 e. The van der Waals surface area contributed by atoms with Gasteiger partial charge in [-0.2, -0.15) is 0 Å². The molecular formula is C13H16OS. The summed E-state index contributed by atoms with van der Waals surface area (Å²) in [5, 5.41) is 0.403. The molecule has 2 heteroatoms. The Hall–Kier alpha value is -0.760. The van der Waals surface area contributed by atoms with E-state index in [4.69, 9.17) is 0 Å². The Kier molecular flexibility index (Phi) is 2.63. The van der Waals surface area contributed by atoms with Crippen LogP contribution in [0, 0.1) is 5.41 Å². The summed E-state index contributed by atoms with van der Waals surface area (Å²) in [4.78, 5) is 13.1. The molecule has 0 saturated heterocycles. The van der Waals surface area contributed by atoms with Gasteiger partial charge in [-0.3, -0.25) is 4.79 Å². The summed E-state index contributed by atoms with van der Waals surface area (Å²) in [5.74, 6) is 0.296. The second kappa shape index (κ2) is 3.67. The van der Waals surface area contributed by atoms with Gasteiger partial charge in [0.05, 0.1) is 0 Å². The van der Waals surface area contributed by atoms with Crippen molar-refractivity contribution in [2.45, 2.75) is 37.3 Å². The molecule has 2 rings (SSSR count). The van der Waals surface area contributed by atoms with Gasteiger partial charge in [0.2, 0.25) is 0 Å². The van der Waals surface area contributed by atoms with Gasteiger partial charge in [0.25, 0.3) is 0 Å². The fourth-order valence-electron chi connectivity index (χ4n) is 1.76. The van der Waals surface area contributed by atoms with E-state index in [1.54, 1.807) is 0 Å². The first kappa shape index (κ1) is 10.7. The molecule has 1 atom stereocenters. The lowest BCUT2D eigenvalue weighted by Gasteiger charge is -2.33. The van der Waals surface area contributed by atoms with E-state index in [-0.39, 0.29) is 5.41 Å². The number of hydrogen-bond donors (Lipinski definition) is 0. The highest BCUT2D eigenvalue weighted by molar-refractivity contribution is 8.00. The molecule has 15 heavy (non-hydrogen) atoms. The van der Waals surface area contributed by atoms with Crippen LogP contribution in [0.4, 0.5) is 0 Å². The standard InChI is InChI=1S/C13H16OS/c1-13(2,3)12-8-10(14)9-6-4-5-7-11(9)15-12/h4-7,12H,8H2,1-3H3. The molecule has 1 aromatic carbocycles. The molecule has 1 nitrogen and oxygen atoms in total. The van der Waals surface area contributed by atoms with Gasteiger partial charge in [-0.05, 0) is 11.5 Å². The Labute approximate surface area is 95.3 Å². The lowest BCUT2D eigenvalue weighted by Crippen LogP contribution is -2.29. The van der Waals surface area contributed by atoms with E-state index in [2.05, 4.69) is 26.8 Å². The van der Waals surface area contributed by atoms with Gasteiger partial charge in [0.15, 0.2) is 5.78 Å². The van der Waals surface area contributed by atoms with Gasteiger partial charge in [-0.25, -0.2) is 0 Å². The second-order valence-electron chi connectivity index (χ2n) is 5.10. The van der Waals surface area contributed by atoms with Crippen molar-refractivity contribution >= 4 is 17.5 Å². The zero-order valence-electron chi connectivity index (χ0n) is 9.41. The minimum absolute atomic E-state index is 0.188. The van der Waals surface area contributed by atoms with Crippen LogP contribution >= 0.6 is 11.8 Å². The van der Waals surface area contributed by atoms with Gasteiger partial charge in [0, 0.05) is 22.1 Å². The number of Topliss-reactive ketones (excluding diaryl/α,β-unsaturated/α-hetero) is 1. The van der Waals surface area contributed by atoms with Crippen molar-refractivity contribution in [3.63, 3.8) is 0 Å². The molecule has 0 spiro atoms. The lowest BCUT2D eigenvalue weighted by molar-refractivity contribution is 0.0963. The molecule has 0 radical (unpaired) electrons. The maximum atomic E-state index is 11.9. The quantitative estimate of drug-likeness (QED) is 0.662. The van der Waals surface area contributed by atoms with Crippen LogP contribution in [-0.2, 0) is 0 Å². The van der Waals surface area contributed by atoms with E-state index in [0.717, 1.165) is 10.5 Å². The van der Waals surface area contributed by atoms with Crippen molar-refractivity contribution in [3.05, 3.63) is 29.8 Å². The molecule has 80 valence electrons. The number of hydrogen-bond acceptors (Lipinski definition) is 2. The third-order valence-corrected chi connectivity index (χ3v) is 4.56. The van der Waals surface area contributed by atoms with Crippen molar-refractivity contribution in [2.75, 3.05) is 0 Å². The van der Waals surface area contributed by atoms with Crippen molar-refractivity contribution in [1.29, 1.82) is 0 Å². The topological polar surface area (TPSA) is 17.1 Å². The molecule has 0 saturated carbocycles. The highest BCUT2D eigenvalue weighted by Crippen LogP contribution is 2.43. The van der Waals surface area contributed by atoms with E-state index >= 15 is 0 Å². The van der Waals surface area contributed by atoms with Crippen LogP contribution in [0.1, 0.15) is 37.6 Å². The highest BCUT2D eigenvalue weighted by Gasteiger charge is 2.33. The number of carbonyl (C=O) groups is 1. The molecule has 1 aliphatic heterocycles. The van der Waals surface area contributed by atoms with Gasteiger partial charge in [-0.15, -0.1) is 11.8 Å². The van der Waals surface area contributed by atoms with E-state index in [0.29, 0.717) is 17.5 Å². The fraction of sp³-hybridized carbons (Fsp3) is 0.462. The third-order valence-electron chi connectivity index (χ3n) is 2.79. The summed E-state index contributed by atoms with van der Waals surface area (Å²) >= 11 is 1.85. The third kappa shape index (κ3) is 2.10. The first-order valence-electron chi connectivity index (χ1n) is 5.27. The van der Waals surface area contributed by atoms with E-state index < -0.39 is 0 Å². The Morgan fingerprint density at radius 1 is 1.27 bits per heavy atom. The average molecular weight is 220 g/mol. The molecular weight excluding hydrogens is 204 g/mol. The predicted molar refractivity (Wildman–Crippen MR) is 64.5 cm³/mol. The first-order chi connectivity index (χ1) is 6.98. The van der Waals surface area contributed by atoms with Gasteiger partial charge in [-0.1, -0.05) is 39.0 Å². The van der Waals surface area contributed by atoms with Crippen molar-refractivity contribution in [1.82, 2.24) is 0 Å². The summed E-state index contributed by atoms with van der Waals surface area (Å²) in [6.07, 6.45) is 0.672. The Morgan fingerprint density at radius 2 is 1.93 bits per heavy atom. The molecule has 0 N–H and O–H groups in total. The van der Waals surface area contributed by atoms with Gasteiger partial charge < -0.3 is 0 Å². The smallest absolute Gasteiger partial charge is 0.165 e. The molecule has 0 amide bonds. The molecule has 0 aromatic heterocycles. The summed E-state index contributed by atoms with van der Waals surface area (Å²) < 4.78 is 0. The Balaban J connectivity index is 2.35. The molecule has 1 unspecified atom stereocenters. The number of rotatable bonds is 0. The number of ketones is 1. The van der Waals surface area contributed by atoms with Crippen molar-refractivity contribution in [3.8, 4) is 0 Å². The van der Waals surface area contributed by atoms with Crippen LogP contribution in [0.2, 0.25) is 0 Å². The minimum atomic E-state index is 0.188. The van der Waals surface area contributed by atoms with Crippen LogP contribution in [0.15, 0.2) is 29.2 Å². The van der Waals surface area contributed by atoms with Crippen molar-refractivity contribution in [2.24, 2.45) is 5.41 Å². The summed E-state index contributed by atoms with van der Waals surface area (Å²) in [7, 11) is 0. The Morgan fingerprint density at radius 3 is 2.60 bits per heavy atom. The largest absolute Gasteiger partial charge is 0.294 e. The zero-order chi connectivity index (χ0) is 11.1. The van der Waals surface area contributed by atoms with Crippen LogP contribution in [0.3, 0.4) is 0 Å². The number of thioether (sulfide) groups is 1. The van der Waals surface area contributed by atoms with Gasteiger partial charge in [0.1, 0.15) is 0 Å². The Bertz CT molecular complexity index is 390. The van der Waals surface area contributed by atoms with E-state index in [1.807, 2.05) is 30.0 Å². The summed E-state index contributed by atoms with van der Waals surface area (Å²) in [6.45, 7) is 6.60. The van der Waals surface area contributed by atoms with Crippen LogP contribution in [-0.4, -0.2) is 11.0 Å². The molecule has 0 bridgehead atoms. The maximum absolute atomic E-state index is 11.9. The molecule has 1 aliphatic rings. The zero-order valence-corrected chi connectivity index (χ0v) is 10.2. The number of benzene rings is 1. The summed E-state index contributed by atoms with van der Waals surface area (Å²) in [6, 6.07) is 7.93. The molecule has 0 aliphatic carbocycles. The lowest BCUT2D eigenvalue weighted by atomic mass is 9.87. The van der Waals surface area contributed by atoms with Crippen molar-refractivity contribution < 1.29 is 4.79 Å². The van der Waals surface area contributed by atoms with Crippen LogP contribution < -0.4 is 0 Å². The monoisotopic (exact) mass is 220 g/mol. The van der Waals surface area contributed by atoms with Crippen LogP contribution in [0.25, 0.3) is 0 Å². The predicted octanol–water partition coefficient (Wildman–Crippen LogP) is 3.78. The average Bonchev–Trinajstić information content (AvgIpc) is 2.16. The molecule has 0 fully saturated rings. The molecule has 1 aromatic rings. The van der Waals surface area contributed by atoms with Gasteiger partial charge >= 0.3 is 0 Å². The molecule has 1 heterocycles. The normalized spacial score (nSPS) is 21.3. The maximum Gasteiger partial charge on any atom is 0.165 e.